The van der Waals surface area contributed by atoms with Gasteiger partial charge in [0.25, 0.3) is 10.1 Å². The van der Waals surface area contributed by atoms with E-state index < -0.39 is 10.1 Å². The SMILES string of the molecule is COC(CCCCCCCCCOS(=O)(=O)c1ccc(C)cc1)OC. The van der Waals surface area contributed by atoms with Gasteiger partial charge in [0.2, 0.25) is 0 Å². The molecular weight excluding hydrogens is 340 g/mol. The van der Waals surface area contributed by atoms with Crippen LogP contribution in [0.25, 0.3) is 0 Å². The number of aryl methyl sites for hydroxylation is 1. The number of ether oxygens (including phenoxy) is 2. The molecule has 1 rings (SSSR count). The van der Waals surface area contributed by atoms with Gasteiger partial charge in [-0.15, -0.1) is 0 Å². The van der Waals surface area contributed by atoms with Crippen molar-refractivity contribution in [1.29, 1.82) is 0 Å². The topological polar surface area (TPSA) is 61.8 Å². The van der Waals surface area contributed by atoms with Crippen LogP contribution in [0.15, 0.2) is 29.2 Å². The predicted octanol–water partition coefficient (Wildman–Crippen LogP) is 4.44. The zero-order chi connectivity index (χ0) is 18.5. The summed E-state index contributed by atoms with van der Waals surface area (Å²) < 4.78 is 39.4. The first-order valence-corrected chi connectivity index (χ1v) is 10.4. The van der Waals surface area contributed by atoms with Crippen molar-refractivity contribution < 1.29 is 22.1 Å². The maximum absolute atomic E-state index is 12.0. The summed E-state index contributed by atoms with van der Waals surface area (Å²) in [6.07, 6.45) is 8.31. The maximum Gasteiger partial charge on any atom is 0.296 e. The van der Waals surface area contributed by atoms with E-state index in [-0.39, 0.29) is 17.8 Å². The standard InChI is InChI=1S/C19H32O5S/c1-17-12-14-18(15-13-17)25(20,21)24-16-10-8-6-4-5-7-9-11-19(22-2)23-3/h12-15,19H,4-11,16H2,1-3H3. The number of rotatable bonds is 14. The number of hydrogen-bond acceptors (Lipinski definition) is 5. The van der Waals surface area contributed by atoms with Gasteiger partial charge < -0.3 is 9.47 Å². The van der Waals surface area contributed by atoms with E-state index in [1.54, 1.807) is 38.5 Å². The van der Waals surface area contributed by atoms with E-state index in [2.05, 4.69) is 0 Å². The summed E-state index contributed by atoms with van der Waals surface area (Å²) in [6.45, 7) is 2.17. The lowest BCUT2D eigenvalue weighted by Crippen LogP contribution is -2.12. The Morgan fingerprint density at radius 1 is 0.840 bits per heavy atom. The Morgan fingerprint density at radius 3 is 1.92 bits per heavy atom. The third-order valence-electron chi connectivity index (χ3n) is 4.16. The van der Waals surface area contributed by atoms with Crippen LogP contribution in [0.3, 0.4) is 0 Å². The van der Waals surface area contributed by atoms with E-state index in [9.17, 15) is 8.42 Å². The van der Waals surface area contributed by atoms with E-state index in [4.69, 9.17) is 13.7 Å². The van der Waals surface area contributed by atoms with Gasteiger partial charge in [0.1, 0.15) is 0 Å². The molecule has 0 radical (unpaired) electrons. The minimum absolute atomic E-state index is 0.0902. The first kappa shape index (κ1) is 22.1. The Labute approximate surface area is 152 Å². The minimum atomic E-state index is -3.62. The molecule has 5 nitrogen and oxygen atoms in total. The molecule has 0 atom stereocenters. The molecule has 0 amide bonds. The molecule has 6 heteroatoms. The number of methoxy groups -OCH3 is 2. The first-order valence-electron chi connectivity index (χ1n) is 9.01. The largest absolute Gasteiger partial charge is 0.356 e. The van der Waals surface area contributed by atoms with Crippen LogP contribution in [-0.4, -0.2) is 35.5 Å². The second kappa shape index (κ2) is 12.4. The molecule has 0 N–H and O–H groups in total. The summed E-state index contributed by atoms with van der Waals surface area (Å²) in [5.74, 6) is 0. The van der Waals surface area contributed by atoms with E-state index in [0.717, 1.165) is 44.1 Å². The lowest BCUT2D eigenvalue weighted by atomic mass is 10.1. The van der Waals surface area contributed by atoms with Crippen molar-refractivity contribution in [1.82, 2.24) is 0 Å². The van der Waals surface area contributed by atoms with Gasteiger partial charge >= 0.3 is 0 Å². The quantitative estimate of drug-likeness (QED) is 0.274. The molecule has 0 spiro atoms. The molecule has 1 aromatic carbocycles. The van der Waals surface area contributed by atoms with E-state index in [0.29, 0.717) is 0 Å². The summed E-state index contributed by atoms with van der Waals surface area (Å²) in [7, 11) is -0.295. The van der Waals surface area contributed by atoms with Crippen molar-refractivity contribution in [2.24, 2.45) is 0 Å². The zero-order valence-electron chi connectivity index (χ0n) is 15.7. The van der Waals surface area contributed by atoms with Crippen molar-refractivity contribution in [3.8, 4) is 0 Å². The van der Waals surface area contributed by atoms with Crippen LogP contribution in [0.1, 0.15) is 56.9 Å². The molecular formula is C19H32O5S. The first-order chi connectivity index (χ1) is 12.0. The highest BCUT2D eigenvalue weighted by atomic mass is 32.2. The van der Waals surface area contributed by atoms with E-state index in [1.807, 2.05) is 6.92 Å². The lowest BCUT2D eigenvalue weighted by molar-refractivity contribution is -0.107. The molecule has 0 aromatic heterocycles. The van der Waals surface area contributed by atoms with Crippen molar-refractivity contribution in [3.63, 3.8) is 0 Å². The van der Waals surface area contributed by atoms with Gasteiger partial charge in [0, 0.05) is 14.2 Å². The Morgan fingerprint density at radius 2 is 1.36 bits per heavy atom. The van der Waals surface area contributed by atoms with E-state index in [1.165, 1.54) is 12.8 Å². The minimum Gasteiger partial charge on any atom is -0.356 e. The smallest absolute Gasteiger partial charge is 0.296 e. The van der Waals surface area contributed by atoms with Gasteiger partial charge in [0.15, 0.2) is 6.29 Å². The fourth-order valence-electron chi connectivity index (χ4n) is 2.57. The van der Waals surface area contributed by atoms with Gasteiger partial charge in [-0.2, -0.15) is 8.42 Å². The van der Waals surface area contributed by atoms with Crippen LogP contribution in [0.2, 0.25) is 0 Å². The van der Waals surface area contributed by atoms with Gasteiger partial charge in [-0.25, -0.2) is 0 Å². The average Bonchev–Trinajstić information content (AvgIpc) is 2.60. The van der Waals surface area contributed by atoms with E-state index >= 15 is 0 Å². The van der Waals surface area contributed by atoms with Crippen LogP contribution < -0.4 is 0 Å². The molecule has 0 bridgehead atoms. The van der Waals surface area contributed by atoms with Gasteiger partial charge in [-0.05, 0) is 38.3 Å². The summed E-state index contributed by atoms with van der Waals surface area (Å²) >= 11 is 0. The molecule has 0 unspecified atom stereocenters. The molecule has 0 saturated carbocycles. The average molecular weight is 373 g/mol. The van der Waals surface area contributed by atoms with Crippen LogP contribution in [-0.2, 0) is 23.8 Å². The fraction of sp³-hybridized carbons (Fsp3) is 0.684. The van der Waals surface area contributed by atoms with Crippen LogP contribution >= 0.6 is 0 Å². The molecule has 0 aliphatic carbocycles. The highest BCUT2D eigenvalue weighted by Crippen LogP contribution is 2.15. The van der Waals surface area contributed by atoms with Crippen LogP contribution in [0.4, 0.5) is 0 Å². The molecule has 0 aliphatic rings. The molecule has 144 valence electrons. The lowest BCUT2D eigenvalue weighted by Gasteiger charge is -2.12. The Bertz CT molecular complexity index is 550. The third kappa shape index (κ3) is 9.35. The maximum atomic E-state index is 12.0. The summed E-state index contributed by atoms with van der Waals surface area (Å²) in [4.78, 5) is 0.225. The van der Waals surface area contributed by atoms with Crippen molar-refractivity contribution in [2.45, 2.75) is 69.5 Å². The zero-order valence-corrected chi connectivity index (χ0v) is 16.5. The van der Waals surface area contributed by atoms with Gasteiger partial charge in [0.05, 0.1) is 11.5 Å². The molecule has 0 fully saturated rings. The fourth-order valence-corrected chi connectivity index (χ4v) is 3.51. The molecule has 25 heavy (non-hydrogen) atoms. The second-order valence-electron chi connectivity index (χ2n) is 6.25. The molecule has 0 heterocycles. The summed E-state index contributed by atoms with van der Waals surface area (Å²) in [6, 6.07) is 6.72. The van der Waals surface area contributed by atoms with Crippen LogP contribution in [0, 0.1) is 6.92 Å². The number of benzene rings is 1. The molecule has 0 saturated heterocycles. The normalized spacial score (nSPS) is 12.0. The molecule has 1 aromatic rings. The Hall–Kier alpha value is -0.950. The van der Waals surface area contributed by atoms with Crippen molar-refractivity contribution in [2.75, 3.05) is 20.8 Å². The van der Waals surface area contributed by atoms with Gasteiger partial charge in [-0.3, -0.25) is 4.18 Å². The molecule has 0 aliphatic heterocycles. The van der Waals surface area contributed by atoms with Crippen molar-refractivity contribution in [3.05, 3.63) is 29.8 Å². The monoisotopic (exact) mass is 372 g/mol. The number of hydrogen-bond donors (Lipinski definition) is 0. The van der Waals surface area contributed by atoms with Gasteiger partial charge in [-0.1, -0.05) is 49.8 Å². The Kier molecular flexibility index (Phi) is 11.0. The van der Waals surface area contributed by atoms with Crippen LogP contribution in [0.5, 0.6) is 0 Å². The summed E-state index contributed by atoms with van der Waals surface area (Å²) in [5.41, 5.74) is 1.03. The highest BCUT2D eigenvalue weighted by molar-refractivity contribution is 7.86. The summed E-state index contributed by atoms with van der Waals surface area (Å²) in [5, 5.41) is 0. The predicted molar refractivity (Wildman–Crippen MR) is 99.1 cm³/mol. The van der Waals surface area contributed by atoms with Crippen molar-refractivity contribution >= 4 is 10.1 Å². The highest BCUT2D eigenvalue weighted by Gasteiger charge is 2.14. The third-order valence-corrected chi connectivity index (χ3v) is 5.48. The number of unbranched alkanes of at least 4 members (excludes halogenated alkanes) is 6. The Balaban J connectivity index is 2.04. The second-order valence-corrected chi connectivity index (χ2v) is 7.87.